The van der Waals surface area contributed by atoms with Crippen LogP contribution < -0.4 is 10.6 Å². The minimum Gasteiger partial charge on any atom is -0.478 e. The van der Waals surface area contributed by atoms with Gasteiger partial charge in [-0.25, -0.2) is 4.79 Å². The van der Waals surface area contributed by atoms with Crippen LogP contribution in [0.4, 0.5) is 5.69 Å². The van der Waals surface area contributed by atoms with E-state index in [0.717, 1.165) is 5.56 Å². The maximum absolute atomic E-state index is 11.8. The number of aryl methyl sites for hydroxylation is 1. The predicted molar refractivity (Wildman–Crippen MR) is 70.8 cm³/mol. The summed E-state index contributed by atoms with van der Waals surface area (Å²) in [6.07, 6.45) is 0.258. The molecule has 0 saturated carbocycles. The predicted octanol–water partition coefficient (Wildman–Crippen LogP) is 1.52. The number of carbonyl (C=O) groups excluding carboxylic acids is 1. The molecule has 1 aliphatic rings. The Hall–Kier alpha value is -1.40. The summed E-state index contributed by atoms with van der Waals surface area (Å²) in [5.74, 6) is -1.18. The first-order valence-electron chi connectivity index (χ1n) is 5.49. The van der Waals surface area contributed by atoms with Gasteiger partial charge in [0.25, 0.3) is 0 Å². The number of nitrogens with two attached hydrogens (primary N) is 1. The van der Waals surface area contributed by atoms with E-state index in [0.29, 0.717) is 16.7 Å². The summed E-state index contributed by atoms with van der Waals surface area (Å²) in [7, 11) is 0. The Kier molecular flexibility index (Phi) is 3.41. The number of nitrogens with zero attached hydrogens (tertiary/aromatic N) is 1. The van der Waals surface area contributed by atoms with Crippen molar-refractivity contribution in [1.29, 1.82) is 0 Å². The summed E-state index contributed by atoms with van der Waals surface area (Å²) in [6.45, 7) is 2.14. The fraction of sp³-hybridized carbons (Fsp3) is 0.333. The second kappa shape index (κ2) is 4.70. The largest absolute Gasteiger partial charge is 0.478 e. The van der Waals surface area contributed by atoms with E-state index < -0.39 is 5.97 Å². The maximum atomic E-state index is 11.8. The van der Waals surface area contributed by atoms with Gasteiger partial charge < -0.3 is 15.7 Å². The van der Waals surface area contributed by atoms with E-state index >= 15 is 0 Å². The number of hydrogen-bond donors (Lipinski definition) is 2. The van der Waals surface area contributed by atoms with Gasteiger partial charge in [-0.2, -0.15) is 0 Å². The lowest BCUT2D eigenvalue weighted by atomic mass is 10.1. The monoisotopic (exact) mass is 312 g/mol. The van der Waals surface area contributed by atoms with Crippen molar-refractivity contribution in [1.82, 2.24) is 0 Å². The van der Waals surface area contributed by atoms with E-state index in [9.17, 15) is 14.7 Å². The summed E-state index contributed by atoms with van der Waals surface area (Å²) < 4.78 is 0.678. The van der Waals surface area contributed by atoms with Crippen LogP contribution in [0.5, 0.6) is 0 Å². The van der Waals surface area contributed by atoms with Crippen molar-refractivity contribution in [3.05, 3.63) is 27.7 Å². The van der Waals surface area contributed by atoms with Crippen LogP contribution in [0.2, 0.25) is 0 Å². The molecule has 1 aliphatic heterocycles. The quantitative estimate of drug-likeness (QED) is 0.867. The molecule has 1 atom stereocenters. The lowest BCUT2D eigenvalue weighted by Gasteiger charge is -2.21. The molecule has 1 amide bonds. The van der Waals surface area contributed by atoms with Gasteiger partial charge in [-0.05, 0) is 24.6 Å². The second-order valence-corrected chi connectivity index (χ2v) is 5.31. The molecule has 0 spiro atoms. The Morgan fingerprint density at radius 1 is 1.56 bits per heavy atom. The van der Waals surface area contributed by atoms with E-state index in [1.807, 2.05) is 0 Å². The molecule has 1 saturated heterocycles. The van der Waals surface area contributed by atoms with Gasteiger partial charge in [0.15, 0.2) is 0 Å². The van der Waals surface area contributed by atoms with Crippen molar-refractivity contribution < 1.29 is 14.7 Å². The van der Waals surface area contributed by atoms with Crippen molar-refractivity contribution in [3.63, 3.8) is 0 Å². The van der Waals surface area contributed by atoms with Crippen molar-refractivity contribution >= 4 is 33.5 Å². The smallest absolute Gasteiger partial charge is 0.337 e. The third kappa shape index (κ3) is 2.26. The van der Waals surface area contributed by atoms with Crippen LogP contribution in [0, 0.1) is 6.92 Å². The molecule has 0 aromatic heterocycles. The SMILES string of the molecule is Cc1cc(Br)cc(C(=O)O)c1N1CC(N)CC1=O. The van der Waals surface area contributed by atoms with Crippen LogP contribution in [-0.2, 0) is 4.79 Å². The van der Waals surface area contributed by atoms with Crippen LogP contribution in [0.1, 0.15) is 22.3 Å². The molecule has 5 nitrogen and oxygen atoms in total. The molecule has 1 aromatic carbocycles. The van der Waals surface area contributed by atoms with Crippen LogP contribution in [-0.4, -0.2) is 29.6 Å². The second-order valence-electron chi connectivity index (χ2n) is 4.39. The molecular formula is C12H13BrN2O3. The van der Waals surface area contributed by atoms with Gasteiger partial charge in [0.05, 0.1) is 11.3 Å². The fourth-order valence-corrected chi connectivity index (χ4v) is 2.78. The van der Waals surface area contributed by atoms with E-state index in [1.165, 1.54) is 11.0 Å². The standard InChI is InChI=1S/C12H13BrN2O3/c1-6-2-7(13)3-9(12(17)18)11(6)15-5-8(14)4-10(15)16/h2-3,8H,4-5,14H2,1H3,(H,17,18). The summed E-state index contributed by atoms with van der Waals surface area (Å²) in [5, 5.41) is 9.24. The molecule has 6 heteroatoms. The maximum Gasteiger partial charge on any atom is 0.337 e. The highest BCUT2D eigenvalue weighted by atomic mass is 79.9. The topological polar surface area (TPSA) is 83.6 Å². The molecule has 2 rings (SSSR count). The van der Waals surface area contributed by atoms with Gasteiger partial charge in [0.1, 0.15) is 0 Å². The third-order valence-electron chi connectivity index (χ3n) is 2.92. The van der Waals surface area contributed by atoms with Gasteiger partial charge >= 0.3 is 5.97 Å². The highest BCUT2D eigenvalue weighted by molar-refractivity contribution is 9.10. The molecule has 18 heavy (non-hydrogen) atoms. The molecule has 96 valence electrons. The number of halogens is 1. The summed E-state index contributed by atoms with van der Waals surface area (Å²) in [5.41, 5.74) is 7.04. The first kappa shape index (κ1) is 13.0. The Morgan fingerprint density at radius 3 is 2.72 bits per heavy atom. The Balaban J connectivity index is 2.56. The first-order valence-corrected chi connectivity index (χ1v) is 6.29. The number of rotatable bonds is 2. The summed E-state index contributed by atoms with van der Waals surface area (Å²) >= 11 is 3.26. The number of aromatic carboxylic acids is 1. The van der Waals surface area contributed by atoms with Crippen LogP contribution in [0.15, 0.2) is 16.6 Å². The summed E-state index contributed by atoms with van der Waals surface area (Å²) in [4.78, 5) is 24.6. The highest BCUT2D eigenvalue weighted by Gasteiger charge is 2.31. The zero-order valence-corrected chi connectivity index (χ0v) is 11.4. The molecule has 1 aromatic rings. The number of carbonyl (C=O) groups is 2. The number of amides is 1. The van der Waals surface area contributed by atoms with Gasteiger partial charge in [-0.15, -0.1) is 0 Å². The highest BCUT2D eigenvalue weighted by Crippen LogP contribution is 2.31. The fourth-order valence-electron chi connectivity index (χ4n) is 2.21. The Bertz CT molecular complexity index is 530. The molecule has 0 aliphatic carbocycles. The average molecular weight is 313 g/mol. The molecule has 3 N–H and O–H groups in total. The van der Waals surface area contributed by atoms with E-state index in [2.05, 4.69) is 15.9 Å². The minimum atomic E-state index is -1.05. The van der Waals surface area contributed by atoms with E-state index in [-0.39, 0.29) is 23.9 Å². The van der Waals surface area contributed by atoms with E-state index in [1.54, 1.807) is 13.0 Å². The number of benzene rings is 1. The lowest BCUT2D eigenvalue weighted by molar-refractivity contribution is -0.117. The van der Waals surface area contributed by atoms with Crippen LogP contribution >= 0.6 is 15.9 Å². The zero-order valence-electron chi connectivity index (χ0n) is 9.81. The van der Waals surface area contributed by atoms with Gasteiger partial charge in [0, 0.05) is 23.5 Å². The number of hydrogen-bond acceptors (Lipinski definition) is 3. The summed E-state index contributed by atoms with van der Waals surface area (Å²) in [6, 6.07) is 3.06. The van der Waals surface area contributed by atoms with Gasteiger partial charge in [0.2, 0.25) is 5.91 Å². The molecule has 0 radical (unpaired) electrons. The minimum absolute atomic E-state index is 0.115. The van der Waals surface area contributed by atoms with Crippen molar-refractivity contribution in [2.45, 2.75) is 19.4 Å². The number of anilines is 1. The van der Waals surface area contributed by atoms with Gasteiger partial charge in [-0.3, -0.25) is 4.79 Å². The first-order chi connectivity index (χ1) is 8.40. The number of carboxylic acid groups (broad SMARTS) is 1. The normalized spacial score (nSPS) is 19.4. The van der Waals surface area contributed by atoms with Crippen LogP contribution in [0.25, 0.3) is 0 Å². The molecule has 0 bridgehead atoms. The van der Waals surface area contributed by atoms with Crippen LogP contribution in [0.3, 0.4) is 0 Å². The Labute approximate surface area is 113 Å². The lowest BCUT2D eigenvalue weighted by Crippen LogP contribution is -2.30. The van der Waals surface area contributed by atoms with E-state index in [4.69, 9.17) is 5.73 Å². The Morgan fingerprint density at radius 2 is 2.22 bits per heavy atom. The van der Waals surface area contributed by atoms with Crippen molar-refractivity contribution in [2.24, 2.45) is 5.73 Å². The number of carboxylic acids is 1. The van der Waals surface area contributed by atoms with Crippen molar-refractivity contribution in [2.75, 3.05) is 11.4 Å². The molecule has 1 fully saturated rings. The molecule has 1 heterocycles. The zero-order chi connectivity index (χ0) is 13.4. The van der Waals surface area contributed by atoms with Gasteiger partial charge in [-0.1, -0.05) is 15.9 Å². The molecular weight excluding hydrogens is 300 g/mol. The molecule has 1 unspecified atom stereocenters. The average Bonchev–Trinajstić information content (AvgIpc) is 2.56. The third-order valence-corrected chi connectivity index (χ3v) is 3.38. The van der Waals surface area contributed by atoms with Crippen molar-refractivity contribution in [3.8, 4) is 0 Å².